The highest BCUT2D eigenvalue weighted by molar-refractivity contribution is 9.10. The van der Waals surface area contributed by atoms with Crippen molar-refractivity contribution < 1.29 is 0 Å². The van der Waals surface area contributed by atoms with Crippen LogP contribution < -0.4 is 0 Å². The second-order valence-electron chi connectivity index (χ2n) is 3.10. The molecule has 0 atom stereocenters. The van der Waals surface area contributed by atoms with E-state index in [1.807, 2.05) is 6.07 Å². The maximum atomic E-state index is 5.83. The highest BCUT2D eigenvalue weighted by Gasteiger charge is 2.08. The molecule has 2 heteroatoms. The van der Waals surface area contributed by atoms with Crippen molar-refractivity contribution in [2.75, 3.05) is 0 Å². The predicted octanol–water partition coefficient (Wildman–Crippen LogP) is 4.31. The van der Waals surface area contributed by atoms with Crippen molar-refractivity contribution in [1.82, 2.24) is 0 Å². The minimum Gasteiger partial charge on any atom is -0.122 e. The molecular formula is C10H12BrCl. The molecule has 12 heavy (non-hydrogen) atoms. The van der Waals surface area contributed by atoms with Crippen molar-refractivity contribution >= 4 is 27.5 Å². The van der Waals surface area contributed by atoms with Crippen LogP contribution >= 0.6 is 27.5 Å². The second-order valence-corrected chi connectivity index (χ2v) is 4.22. The molecule has 0 saturated heterocycles. The molecule has 0 aliphatic carbocycles. The van der Waals surface area contributed by atoms with Gasteiger partial charge in [0.2, 0.25) is 0 Å². The first-order valence-corrected chi connectivity index (χ1v) is 5.32. The summed E-state index contributed by atoms with van der Waals surface area (Å²) in [6.45, 7) is 4.35. The number of rotatable bonds is 2. The lowest BCUT2D eigenvalue weighted by Crippen LogP contribution is -1.95. The van der Waals surface area contributed by atoms with Gasteiger partial charge in [-0.05, 0) is 23.1 Å². The average Bonchev–Trinajstić information content (AvgIpc) is 2.03. The van der Waals surface area contributed by atoms with Gasteiger partial charge in [0.1, 0.15) is 0 Å². The van der Waals surface area contributed by atoms with E-state index in [0.29, 0.717) is 11.8 Å². The lowest BCUT2D eigenvalue weighted by atomic mass is 9.98. The van der Waals surface area contributed by atoms with Crippen molar-refractivity contribution in [3.63, 3.8) is 0 Å². The van der Waals surface area contributed by atoms with Gasteiger partial charge in [-0.1, -0.05) is 41.9 Å². The van der Waals surface area contributed by atoms with E-state index in [-0.39, 0.29) is 0 Å². The molecule has 0 bridgehead atoms. The molecule has 0 nitrogen and oxygen atoms in total. The van der Waals surface area contributed by atoms with Crippen LogP contribution in [-0.2, 0) is 5.88 Å². The summed E-state index contributed by atoms with van der Waals surface area (Å²) in [4.78, 5) is 0. The SMILES string of the molecule is CC(C)c1c(Br)cccc1CCl. The zero-order valence-corrected chi connectivity index (χ0v) is 9.61. The molecular weight excluding hydrogens is 235 g/mol. The number of benzene rings is 1. The Morgan fingerprint density at radius 2 is 2.08 bits per heavy atom. The first-order valence-electron chi connectivity index (χ1n) is 4.00. The summed E-state index contributed by atoms with van der Waals surface area (Å²) in [5.74, 6) is 1.11. The van der Waals surface area contributed by atoms with E-state index in [1.165, 1.54) is 11.1 Å². The molecule has 66 valence electrons. The maximum Gasteiger partial charge on any atom is 0.0477 e. The molecule has 0 unspecified atom stereocenters. The molecule has 0 saturated carbocycles. The largest absolute Gasteiger partial charge is 0.122 e. The molecule has 0 radical (unpaired) electrons. The van der Waals surface area contributed by atoms with Crippen LogP contribution in [-0.4, -0.2) is 0 Å². The van der Waals surface area contributed by atoms with Crippen molar-refractivity contribution in [3.8, 4) is 0 Å². The smallest absolute Gasteiger partial charge is 0.0477 e. The van der Waals surface area contributed by atoms with Gasteiger partial charge in [-0.15, -0.1) is 11.6 Å². The molecule has 0 heterocycles. The molecule has 1 rings (SSSR count). The standard InChI is InChI=1S/C10H12BrCl/c1-7(2)10-8(6-12)4-3-5-9(10)11/h3-5,7H,6H2,1-2H3. The highest BCUT2D eigenvalue weighted by atomic mass is 79.9. The zero-order valence-electron chi connectivity index (χ0n) is 7.27. The van der Waals surface area contributed by atoms with Crippen LogP contribution in [0.1, 0.15) is 30.9 Å². The van der Waals surface area contributed by atoms with E-state index < -0.39 is 0 Å². The van der Waals surface area contributed by atoms with E-state index in [0.717, 1.165) is 4.47 Å². The first-order chi connectivity index (χ1) is 5.66. The van der Waals surface area contributed by atoms with E-state index in [9.17, 15) is 0 Å². The Hall–Kier alpha value is -0.0100. The van der Waals surface area contributed by atoms with Crippen LogP contribution in [0, 0.1) is 0 Å². The average molecular weight is 248 g/mol. The fourth-order valence-corrected chi connectivity index (χ4v) is 2.44. The van der Waals surface area contributed by atoms with Gasteiger partial charge in [0.05, 0.1) is 0 Å². The van der Waals surface area contributed by atoms with Gasteiger partial charge < -0.3 is 0 Å². The lowest BCUT2D eigenvalue weighted by Gasteiger charge is -2.12. The van der Waals surface area contributed by atoms with E-state index in [2.05, 4.69) is 41.9 Å². The minimum atomic E-state index is 0.523. The van der Waals surface area contributed by atoms with Crippen molar-refractivity contribution in [3.05, 3.63) is 33.8 Å². The molecule has 1 aromatic rings. The van der Waals surface area contributed by atoms with Gasteiger partial charge in [0, 0.05) is 10.4 Å². The Kier molecular flexibility index (Phi) is 3.60. The van der Waals surface area contributed by atoms with Crippen molar-refractivity contribution in [1.29, 1.82) is 0 Å². The summed E-state index contributed by atoms with van der Waals surface area (Å²) in [5.41, 5.74) is 2.55. The molecule has 0 spiro atoms. The summed E-state index contributed by atoms with van der Waals surface area (Å²) >= 11 is 9.36. The molecule has 0 fully saturated rings. The third-order valence-corrected chi connectivity index (χ3v) is 2.84. The summed E-state index contributed by atoms with van der Waals surface area (Å²) in [7, 11) is 0. The van der Waals surface area contributed by atoms with Crippen LogP contribution in [0.2, 0.25) is 0 Å². The van der Waals surface area contributed by atoms with Crippen LogP contribution in [0.5, 0.6) is 0 Å². The Bertz CT molecular complexity index is 269. The Morgan fingerprint density at radius 1 is 1.42 bits per heavy atom. The highest BCUT2D eigenvalue weighted by Crippen LogP contribution is 2.28. The van der Waals surface area contributed by atoms with Crippen molar-refractivity contribution in [2.24, 2.45) is 0 Å². The van der Waals surface area contributed by atoms with Crippen molar-refractivity contribution in [2.45, 2.75) is 25.6 Å². The van der Waals surface area contributed by atoms with Gasteiger partial charge in [-0.3, -0.25) is 0 Å². The minimum absolute atomic E-state index is 0.523. The molecule has 0 N–H and O–H groups in total. The number of alkyl halides is 1. The molecule has 0 aromatic heterocycles. The van der Waals surface area contributed by atoms with Crippen LogP contribution in [0.3, 0.4) is 0 Å². The number of halogens is 2. The third-order valence-electron chi connectivity index (χ3n) is 1.86. The predicted molar refractivity (Wildman–Crippen MR) is 57.8 cm³/mol. The molecule has 0 aliphatic heterocycles. The summed E-state index contributed by atoms with van der Waals surface area (Å²) in [6.07, 6.45) is 0. The summed E-state index contributed by atoms with van der Waals surface area (Å²) < 4.78 is 1.16. The number of hydrogen-bond donors (Lipinski definition) is 0. The zero-order chi connectivity index (χ0) is 9.14. The van der Waals surface area contributed by atoms with E-state index >= 15 is 0 Å². The fourth-order valence-electron chi connectivity index (χ4n) is 1.34. The Labute approximate surface area is 87.1 Å². The third kappa shape index (κ3) is 2.02. The normalized spacial score (nSPS) is 10.8. The Balaban J connectivity index is 3.20. The van der Waals surface area contributed by atoms with Gasteiger partial charge in [0.15, 0.2) is 0 Å². The molecule has 1 aromatic carbocycles. The molecule has 0 aliphatic rings. The van der Waals surface area contributed by atoms with Crippen LogP contribution in [0.15, 0.2) is 22.7 Å². The lowest BCUT2D eigenvalue weighted by molar-refractivity contribution is 0.848. The number of hydrogen-bond acceptors (Lipinski definition) is 0. The van der Waals surface area contributed by atoms with Gasteiger partial charge in [0.25, 0.3) is 0 Å². The van der Waals surface area contributed by atoms with Crippen LogP contribution in [0.25, 0.3) is 0 Å². The second kappa shape index (κ2) is 4.29. The van der Waals surface area contributed by atoms with Gasteiger partial charge in [-0.2, -0.15) is 0 Å². The molecule has 0 amide bonds. The van der Waals surface area contributed by atoms with E-state index in [4.69, 9.17) is 11.6 Å². The first kappa shape index (κ1) is 10.1. The Morgan fingerprint density at radius 3 is 2.50 bits per heavy atom. The topological polar surface area (TPSA) is 0 Å². The summed E-state index contributed by atoms with van der Waals surface area (Å²) in [6, 6.07) is 6.16. The monoisotopic (exact) mass is 246 g/mol. The summed E-state index contributed by atoms with van der Waals surface area (Å²) in [5, 5.41) is 0. The van der Waals surface area contributed by atoms with E-state index in [1.54, 1.807) is 0 Å². The van der Waals surface area contributed by atoms with Gasteiger partial charge >= 0.3 is 0 Å². The van der Waals surface area contributed by atoms with Gasteiger partial charge in [-0.25, -0.2) is 0 Å². The quantitative estimate of drug-likeness (QED) is 0.683. The maximum absolute atomic E-state index is 5.83. The van der Waals surface area contributed by atoms with Crippen LogP contribution in [0.4, 0.5) is 0 Å². The fraction of sp³-hybridized carbons (Fsp3) is 0.400.